The SMILES string of the molecule is CCc1onc(C)c1-c1cccc(C2CN(C(=O)c3cc(C(C)C)no3)CCO2)n1. The van der Waals surface area contributed by atoms with Crippen molar-refractivity contribution in [3.05, 3.63) is 52.9 Å². The number of pyridine rings is 1. The molecule has 4 rings (SSSR count). The van der Waals surface area contributed by atoms with Crippen LogP contribution in [0.1, 0.15) is 66.2 Å². The predicted molar refractivity (Wildman–Crippen MR) is 109 cm³/mol. The second-order valence-corrected chi connectivity index (χ2v) is 7.75. The van der Waals surface area contributed by atoms with Crippen molar-refractivity contribution in [3.63, 3.8) is 0 Å². The second kappa shape index (κ2) is 8.39. The Balaban J connectivity index is 1.55. The molecule has 0 saturated carbocycles. The molecule has 0 aliphatic carbocycles. The van der Waals surface area contributed by atoms with Crippen molar-refractivity contribution in [2.24, 2.45) is 0 Å². The van der Waals surface area contributed by atoms with Gasteiger partial charge in [0.15, 0.2) is 0 Å². The molecule has 1 amide bonds. The lowest BCUT2D eigenvalue weighted by atomic mass is 10.1. The number of morpholine rings is 1. The zero-order valence-corrected chi connectivity index (χ0v) is 17.7. The molecule has 3 aromatic rings. The minimum absolute atomic E-state index is 0.179. The van der Waals surface area contributed by atoms with E-state index in [0.29, 0.717) is 19.7 Å². The molecule has 1 saturated heterocycles. The van der Waals surface area contributed by atoms with Crippen LogP contribution in [0, 0.1) is 6.92 Å². The van der Waals surface area contributed by atoms with Gasteiger partial charge in [-0.3, -0.25) is 4.79 Å². The molecule has 3 aromatic heterocycles. The van der Waals surface area contributed by atoms with E-state index >= 15 is 0 Å². The fraction of sp³-hybridized carbons (Fsp3) is 0.455. The van der Waals surface area contributed by atoms with E-state index in [-0.39, 0.29) is 23.7 Å². The summed E-state index contributed by atoms with van der Waals surface area (Å²) in [5, 5.41) is 8.07. The zero-order valence-electron chi connectivity index (χ0n) is 17.7. The van der Waals surface area contributed by atoms with Crippen LogP contribution in [-0.2, 0) is 11.2 Å². The van der Waals surface area contributed by atoms with Crippen LogP contribution in [0.3, 0.4) is 0 Å². The first-order chi connectivity index (χ1) is 14.5. The van der Waals surface area contributed by atoms with E-state index in [0.717, 1.165) is 40.5 Å². The predicted octanol–water partition coefficient (Wildman–Crippen LogP) is 3.93. The first-order valence-corrected chi connectivity index (χ1v) is 10.3. The number of rotatable bonds is 5. The third kappa shape index (κ3) is 3.87. The summed E-state index contributed by atoms with van der Waals surface area (Å²) < 4.78 is 16.6. The van der Waals surface area contributed by atoms with Crippen molar-refractivity contribution in [1.29, 1.82) is 0 Å². The standard InChI is InChI=1S/C22H26N4O4/c1-5-18-21(14(4)24-29-18)16-8-6-7-15(23-16)20-12-26(9-10-28-20)22(27)19-11-17(13(2)3)25-30-19/h6-8,11,13,20H,5,9-10,12H2,1-4H3. The lowest BCUT2D eigenvalue weighted by Gasteiger charge is -2.32. The maximum atomic E-state index is 12.9. The van der Waals surface area contributed by atoms with Gasteiger partial charge in [0.25, 0.3) is 5.91 Å². The molecule has 0 aromatic carbocycles. The number of hydrogen-bond donors (Lipinski definition) is 0. The van der Waals surface area contributed by atoms with Crippen LogP contribution in [0.15, 0.2) is 33.3 Å². The molecule has 0 N–H and O–H groups in total. The maximum Gasteiger partial charge on any atom is 0.292 e. The minimum atomic E-state index is -0.319. The Morgan fingerprint density at radius 3 is 2.83 bits per heavy atom. The number of aryl methyl sites for hydroxylation is 2. The summed E-state index contributed by atoms with van der Waals surface area (Å²) in [6.07, 6.45) is 0.417. The number of nitrogens with zero attached hydrogens (tertiary/aromatic N) is 4. The van der Waals surface area contributed by atoms with Gasteiger partial charge in [-0.15, -0.1) is 0 Å². The van der Waals surface area contributed by atoms with Crippen molar-refractivity contribution >= 4 is 5.91 Å². The Bertz CT molecular complexity index is 1040. The molecule has 0 bridgehead atoms. The Labute approximate surface area is 175 Å². The molecule has 8 heteroatoms. The first-order valence-electron chi connectivity index (χ1n) is 10.3. The fourth-order valence-electron chi connectivity index (χ4n) is 3.59. The highest BCUT2D eigenvalue weighted by Crippen LogP contribution is 2.29. The summed E-state index contributed by atoms with van der Waals surface area (Å²) in [6.45, 7) is 9.28. The summed E-state index contributed by atoms with van der Waals surface area (Å²) in [4.78, 5) is 19.4. The average molecular weight is 410 g/mol. The number of aromatic nitrogens is 3. The van der Waals surface area contributed by atoms with Crippen molar-refractivity contribution in [3.8, 4) is 11.3 Å². The number of ether oxygens (including phenoxy) is 1. The molecular weight excluding hydrogens is 384 g/mol. The van der Waals surface area contributed by atoms with Crippen LogP contribution < -0.4 is 0 Å². The van der Waals surface area contributed by atoms with E-state index in [2.05, 4.69) is 10.3 Å². The number of carbonyl (C=O) groups is 1. The fourth-order valence-corrected chi connectivity index (χ4v) is 3.59. The average Bonchev–Trinajstić information content (AvgIpc) is 3.40. The van der Waals surface area contributed by atoms with E-state index in [9.17, 15) is 4.79 Å². The molecule has 4 heterocycles. The van der Waals surface area contributed by atoms with Gasteiger partial charge in [-0.1, -0.05) is 37.2 Å². The number of carbonyl (C=O) groups excluding carboxylic acids is 1. The Morgan fingerprint density at radius 1 is 1.27 bits per heavy atom. The van der Waals surface area contributed by atoms with Crippen LogP contribution in [-0.4, -0.2) is 45.8 Å². The lowest BCUT2D eigenvalue weighted by molar-refractivity contribution is -0.0258. The minimum Gasteiger partial charge on any atom is -0.368 e. The van der Waals surface area contributed by atoms with E-state index < -0.39 is 0 Å². The third-order valence-corrected chi connectivity index (χ3v) is 5.30. The molecule has 0 spiro atoms. The smallest absolute Gasteiger partial charge is 0.292 e. The van der Waals surface area contributed by atoms with E-state index in [1.165, 1.54) is 0 Å². The molecule has 1 fully saturated rings. The molecular formula is C22H26N4O4. The van der Waals surface area contributed by atoms with Gasteiger partial charge in [-0.05, 0) is 25.0 Å². The van der Waals surface area contributed by atoms with Gasteiger partial charge in [0.1, 0.15) is 11.9 Å². The molecule has 0 radical (unpaired) electrons. The Morgan fingerprint density at radius 2 is 2.10 bits per heavy atom. The highest BCUT2D eigenvalue weighted by Gasteiger charge is 2.29. The van der Waals surface area contributed by atoms with E-state index in [1.807, 2.05) is 45.9 Å². The van der Waals surface area contributed by atoms with Gasteiger partial charge < -0.3 is 18.7 Å². The number of amides is 1. The van der Waals surface area contributed by atoms with E-state index in [1.54, 1.807) is 11.0 Å². The van der Waals surface area contributed by atoms with Gasteiger partial charge in [0, 0.05) is 19.0 Å². The molecule has 8 nitrogen and oxygen atoms in total. The summed E-state index contributed by atoms with van der Waals surface area (Å²) in [5.74, 6) is 1.09. The molecule has 30 heavy (non-hydrogen) atoms. The van der Waals surface area contributed by atoms with Crippen molar-refractivity contribution in [1.82, 2.24) is 20.2 Å². The Kier molecular flexibility index (Phi) is 5.67. The highest BCUT2D eigenvalue weighted by molar-refractivity contribution is 5.91. The first kappa shape index (κ1) is 20.3. The van der Waals surface area contributed by atoms with Crippen molar-refractivity contribution in [2.75, 3.05) is 19.7 Å². The van der Waals surface area contributed by atoms with Gasteiger partial charge in [-0.25, -0.2) is 4.98 Å². The topological polar surface area (TPSA) is 94.5 Å². The molecule has 1 unspecified atom stereocenters. The van der Waals surface area contributed by atoms with E-state index in [4.69, 9.17) is 18.8 Å². The Hall–Kier alpha value is -3.00. The highest BCUT2D eigenvalue weighted by atomic mass is 16.5. The largest absolute Gasteiger partial charge is 0.368 e. The lowest BCUT2D eigenvalue weighted by Crippen LogP contribution is -2.42. The van der Waals surface area contributed by atoms with Crippen LogP contribution >= 0.6 is 0 Å². The van der Waals surface area contributed by atoms with Crippen LogP contribution in [0.25, 0.3) is 11.3 Å². The maximum absolute atomic E-state index is 12.9. The van der Waals surface area contributed by atoms with Crippen LogP contribution in [0.4, 0.5) is 0 Å². The normalized spacial score (nSPS) is 17.0. The molecule has 1 aliphatic rings. The van der Waals surface area contributed by atoms with Crippen LogP contribution in [0.5, 0.6) is 0 Å². The van der Waals surface area contributed by atoms with Gasteiger partial charge in [0.2, 0.25) is 5.76 Å². The van der Waals surface area contributed by atoms with Gasteiger partial charge in [0.05, 0.1) is 41.5 Å². The summed E-state index contributed by atoms with van der Waals surface area (Å²) in [6, 6.07) is 7.52. The van der Waals surface area contributed by atoms with Crippen molar-refractivity contribution < 1.29 is 18.6 Å². The third-order valence-electron chi connectivity index (χ3n) is 5.30. The quantitative estimate of drug-likeness (QED) is 0.629. The van der Waals surface area contributed by atoms with Crippen LogP contribution in [0.2, 0.25) is 0 Å². The molecule has 158 valence electrons. The van der Waals surface area contributed by atoms with Crippen molar-refractivity contribution in [2.45, 2.75) is 46.1 Å². The summed E-state index contributed by atoms with van der Waals surface area (Å²) >= 11 is 0. The van der Waals surface area contributed by atoms with Gasteiger partial charge >= 0.3 is 0 Å². The van der Waals surface area contributed by atoms with Gasteiger partial charge in [-0.2, -0.15) is 0 Å². The second-order valence-electron chi connectivity index (χ2n) is 7.75. The summed E-state index contributed by atoms with van der Waals surface area (Å²) in [5.41, 5.74) is 4.07. The monoisotopic (exact) mass is 410 g/mol. The molecule has 1 aliphatic heterocycles. The number of hydrogen-bond acceptors (Lipinski definition) is 7. The summed E-state index contributed by atoms with van der Waals surface area (Å²) in [7, 11) is 0. The zero-order chi connectivity index (χ0) is 21.3. The molecule has 1 atom stereocenters.